The minimum absolute atomic E-state index is 0.0505. The number of halogens is 1. The van der Waals surface area contributed by atoms with Crippen molar-refractivity contribution in [1.29, 1.82) is 0 Å². The number of rotatable bonds is 3. The molecule has 2 aliphatic heterocycles. The lowest BCUT2D eigenvalue weighted by Gasteiger charge is -2.37. The Morgan fingerprint density at radius 2 is 1.75 bits per heavy atom. The molecule has 2 amide bonds. The zero-order chi connectivity index (χ0) is 38.8. The Balaban J connectivity index is 0.997. The highest BCUT2D eigenvalue weighted by molar-refractivity contribution is 5.99. The highest BCUT2D eigenvalue weighted by atomic mass is 19.1. The van der Waals surface area contributed by atoms with Crippen LogP contribution in [0.25, 0.3) is 33.6 Å². The fourth-order valence-corrected chi connectivity index (χ4v) is 9.29. The minimum atomic E-state index is -0.433. The van der Waals surface area contributed by atoms with Gasteiger partial charge in [0.15, 0.2) is 5.82 Å². The zero-order valence-corrected chi connectivity index (χ0v) is 32.0. The number of carbonyl (C=O) groups is 2. The third kappa shape index (κ3) is 6.56. The summed E-state index contributed by atoms with van der Waals surface area (Å²) in [6.45, 7) is 3.12. The van der Waals surface area contributed by atoms with E-state index in [1.807, 2.05) is 71.0 Å². The van der Waals surface area contributed by atoms with Gasteiger partial charge in [-0.3, -0.25) is 9.59 Å². The van der Waals surface area contributed by atoms with E-state index in [1.54, 1.807) is 6.07 Å². The standard InChI is InChI=1S/C46H45FN8O2/c1-27-38-20-13-30-25-41(44-52-40-24-31(23-36(47)42(40)55(44)33-17-18-33)46(57)54-26-37(48)29-12-16-34(54)22-29)53(43(30)51-38)21-7-3-6-10-39-35(45(56)49-27)19-15-32(50-39)14-11-28-8-4-2-5-9-28/h2,4-5,8-9,13,15,19-20,23-25,27,29,33-34,37H,3,6-7,10,12,16-18,21-22,26,48H2,1H3,(H,49,56)/t27-,29+,34-,37+/m1/s1. The van der Waals surface area contributed by atoms with Crippen molar-refractivity contribution in [3.05, 3.63) is 112 Å². The number of pyridine rings is 2. The van der Waals surface area contributed by atoms with Gasteiger partial charge in [-0.25, -0.2) is 19.3 Å². The number of carbonyl (C=O) groups excluding carboxylic acids is 2. The Bertz CT molecular complexity index is 2630. The maximum Gasteiger partial charge on any atom is 0.254 e. The van der Waals surface area contributed by atoms with Crippen molar-refractivity contribution >= 4 is 33.9 Å². The van der Waals surface area contributed by atoms with Crippen molar-refractivity contribution in [3.63, 3.8) is 0 Å². The summed E-state index contributed by atoms with van der Waals surface area (Å²) in [5.74, 6) is 6.69. The van der Waals surface area contributed by atoms with Gasteiger partial charge in [-0.2, -0.15) is 0 Å². The van der Waals surface area contributed by atoms with Gasteiger partial charge >= 0.3 is 0 Å². The van der Waals surface area contributed by atoms with Crippen LogP contribution in [0, 0.1) is 23.6 Å². The van der Waals surface area contributed by atoms with E-state index in [0.717, 1.165) is 85.0 Å². The molecule has 11 heteroatoms. The molecule has 6 heterocycles. The van der Waals surface area contributed by atoms with Gasteiger partial charge in [-0.05, 0) is 125 Å². The second-order valence-electron chi connectivity index (χ2n) is 16.4. The lowest BCUT2D eigenvalue weighted by Crippen LogP contribution is -2.51. The van der Waals surface area contributed by atoms with Crippen LogP contribution in [0.15, 0.2) is 72.8 Å². The summed E-state index contributed by atoms with van der Waals surface area (Å²) in [6.07, 6.45) is 7.96. The van der Waals surface area contributed by atoms with E-state index >= 15 is 4.39 Å². The molecular weight excluding hydrogens is 716 g/mol. The third-order valence-corrected chi connectivity index (χ3v) is 12.5. The number of amides is 2. The summed E-state index contributed by atoms with van der Waals surface area (Å²) in [4.78, 5) is 44.7. The summed E-state index contributed by atoms with van der Waals surface area (Å²) in [7, 11) is 0. The van der Waals surface area contributed by atoms with Gasteiger partial charge in [-0.1, -0.05) is 30.5 Å². The average molecular weight is 761 g/mol. The number of hydrogen-bond donors (Lipinski definition) is 2. The molecule has 2 aliphatic carbocycles. The number of likely N-dealkylation sites (tertiary alicyclic amines) is 1. The molecule has 57 heavy (non-hydrogen) atoms. The topological polar surface area (TPSA) is 124 Å². The van der Waals surface area contributed by atoms with Crippen LogP contribution in [0.3, 0.4) is 0 Å². The van der Waals surface area contributed by atoms with Crippen molar-refractivity contribution in [3.8, 4) is 23.4 Å². The van der Waals surface area contributed by atoms with Gasteiger partial charge in [0.25, 0.3) is 11.8 Å². The number of imidazole rings is 1. The van der Waals surface area contributed by atoms with Crippen molar-refractivity contribution in [1.82, 2.24) is 34.3 Å². The Hall–Kier alpha value is -5.86. The van der Waals surface area contributed by atoms with Crippen LogP contribution in [0.1, 0.15) is 114 Å². The molecule has 3 fully saturated rings. The van der Waals surface area contributed by atoms with Crippen molar-refractivity contribution in [2.75, 3.05) is 6.54 Å². The first-order valence-corrected chi connectivity index (χ1v) is 20.5. The SMILES string of the molecule is C[C@H]1NC(=O)c2ccc(C#Cc3ccccc3)nc2CCCCCn2c(-c3nc4cc(C(=O)N5C[C@H](N)[C@H]6CC[C@@H]5C6)cc(F)c4n3C3CC3)cc3ccc1nc32. The van der Waals surface area contributed by atoms with E-state index in [4.69, 9.17) is 20.7 Å². The van der Waals surface area contributed by atoms with Gasteiger partial charge < -0.3 is 25.1 Å². The quantitative estimate of drug-likeness (QED) is 0.180. The van der Waals surface area contributed by atoms with Gasteiger partial charge in [-0.15, -0.1) is 0 Å². The number of nitrogens with zero attached hydrogens (tertiary/aromatic N) is 6. The minimum Gasteiger partial charge on any atom is -0.344 e. The van der Waals surface area contributed by atoms with E-state index in [9.17, 15) is 9.59 Å². The Morgan fingerprint density at radius 1 is 0.912 bits per heavy atom. The van der Waals surface area contributed by atoms with Crippen LogP contribution in [0.4, 0.5) is 4.39 Å². The van der Waals surface area contributed by atoms with Crippen molar-refractivity contribution in [2.24, 2.45) is 11.7 Å². The van der Waals surface area contributed by atoms with Crippen LogP contribution >= 0.6 is 0 Å². The summed E-state index contributed by atoms with van der Waals surface area (Å²) >= 11 is 0. The third-order valence-electron chi connectivity index (χ3n) is 12.5. The molecule has 0 unspecified atom stereocenters. The number of nitrogens with two attached hydrogens (primary N) is 1. The molecule has 0 spiro atoms. The Labute approximate surface area is 330 Å². The van der Waals surface area contributed by atoms with E-state index < -0.39 is 5.82 Å². The van der Waals surface area contributed by atoms with Crippen molar-refractivity contribution < 1.29 is 14.0 Å². The molecule has 1 saturated heterocycles. The molecule has 3 N–H and O–H groups in total. The largest absolute Gasteiger partial charge is 0.344 e. The Kier molecular flexibility index (Phi) is 8.89. The van der Waals surface area contributed by atoms with E-state index in [-0.39, 0.29) is 36.0 Å². The number of aromatic nitrogens is 5. The first-order chi connectivity index (χ1) is 27.8. The van der Waals surface area contributed by atoms with Crippen LogP contribution in [-0.2, 0) is 13.0 Å². The molecular formula is C46H45FN8O2. The van der Waals surface area contributed by atoms with Crippen LogP contribution in [-0.4, -0.2) is 59.4 Å². The van der Waals surface area contributed by atoms with Crippen molar-refractivity contribution in [2.45, 2.75) is 95.4 Å². The molecule has 0 radical (unpaired) electrons. The molecule has 288 valence electrons. The monoisotopic (exact) mass is 760 g/mol. The molecule has 4 bridgehead atoms. The number of aryl methyl sites for hydroxylation is 2. The molecule has 2 saturated carbocycles. The Morgan fingerprint density at radius 3 is 2.60 bits per heavy atom. The fraction of sp³-hybridized carbons (Fsp3) is 0.370. The van der Waals surface area contributed by atoms with Crippen LogP contribution in [0.2, 0.25) is 0 Å². The fourth-order valence-electron chi connectivity index (χ4n) is 9.29. The lowest BCUT2D eigenvalue weighted by molar-refractivity contribution is 0.0603. The van der Waals surface area contributed by atoms with E-state index in [0.29, 0.717) is 59.1 Å². The lowest BCUT2D eigenvalue weighted by atomic mass is 9.94. The molecule has 10 nitrogen and oxygen atoms in total. The summed E-state index contributed by atoms with van der Waals surface area (Å²) in [5, 5.41) is 4.11. The highest BCUT2D eigenvalue weighted by Gasteiger charge is 2.41. The first-order valence-electron chi connectivity index (χ1n) is 20.5. The normalized spacial score (nSPS) is 22.2. The first kappa shape index (κ1) is 35.5. The molecule has 4 aliphatic rings. The average Bonchev–Trinajstić information content (AvgIpc) is 3.68. The van der Waals surface area contributed by atoms with Gasteiger partial charge in [0.1, 0.15) is 22.7 Å². The summed E-state index contributed by atoms with van der Waals surface area (Å²) in [5.41, 5.74) is 12.9. The van der Waals surface area contributed by atoms with E-state index in [1.165, 1.54) is 6.07 Å². The van der Waals surface area contributed by atoms with Crippen LogP contribution < -0.4 is 11.1 Å². The second-order valence-corrected chi connectivity index (χ2v) is 16.4. The molecule has 4 aromatic heterocycles. The highest BCUT2D eigenvalue weighted by Crippen LogP contribution is 2.44. The zero-order valence-electron chi connectivity index (χ0n) is 32.0. The maximum absolute atomic E-state index is 16.4. The summed E-state index contributed by atoms with van der Waals surface area (Å²) in [6, 6.07) is 22.5. The second kappa shape index (κ2) is 14.3. The summed E-state index contributed by atoms with van der Waals surface area (Å²) < 4.78 is 20.6. The number of benzene rings is 2. The molecule has 10 rings (SSSR count). The number of hydrogen-bond acceptors (Lipinski definition) is 6. The van der Waals surface area contributed by atoms with Gasteiger partial charge in [0.2, 0.25) is 0 Å². The number of fused-ring (bicyclic) bond motifs is 5. The van der Waals surface area contributed by atoms with Gasteiger partial charge in [0.05, 0.1) is 34.2 Å². The van der Waals surface area contributed by atoms with E-state index in [2.05, 4.69) is 27.8 Å². The van der Waals surface area contributed by atoms with Gasteiger partial charge in [0, 0.05) is 47.7 Å². The molecule has 4 atom stereocenters. The maximum atomic E-state index is 16.4. The number of nitrogens with one attached hydrogen (secondary N) is 1. The smallest absolute Gasteiger partial charge is 0.254 e. The molecule has 2 aromatic carbocycles. The molecule has 6 aromatic rings. The predicted octanol–water partition coefficient (Wildman–Crippen LogP) is 7.49. The number of piperidine rings is 1. The predicted molar refractivity (Wildman–Crippen MR) is 217 cm³/mol. The van der Waals surface area contributed by atoms with Crippen LogP contribution in [0.5, 0.6) is 0 Å².